The number of hydrogen-bond acceptors (Lipinski definition) is 5. The molecule has 0 heterocycles. The molecule has 0 aliphatic carbocycles. The SMILES string of the molecule is COc1cc(CC(C#N)C=Nc2ccccc2)cc(OC)c1N(C)C(C)=O. The lowest BCUT2D eigenvalue weighted by atomic mass is 10.00. The van der Waals surface area contributed by atoms with Crippen LogP contribution in [0.25, 0.3) is 0 Å². The summed E-state index contributed by atoms with van der Waals surface area (Å²) in [7, 11) is 4.73. The van der Waals surface area contributed by atoms with Crippen molar-refractivity contribution < 1.29 is 14.3 Å². The summed E-state index contributed by atoms with van der Waals surface area (Å²) in [4.78, 5) is 17.6. The molecule has 0 saturated heterocycles. The molecule has 0 N–H and O–H groups in total. The summed E-state index contributed by atoms with van der Waals surface area (Å²) in [5.41, 5.74) is 2.21. The molecule has 0 bridgehead atoms. The van der Waals surface area contributed by atoms with Gasteiger partial charge in [0.15, 0.2) is 0 Å². The molecule has 6 heteroatoms. The summed E-state index contributed by atoms with van der Waals surface area (Å²) < 4.78 is 10.9. The second kappa shape index (κ2) is 9.39. The Morgan fingerprint density at radius 2 is 1.81 bits per heavy atom. The van der Waals surface area contributed by atoms with E-state index in [1.54, 1.807) is 13.3 Å². The van der Waals surface area contributed by atoms with E-state index in [0.29, 0.717) is 23.6 Å². The second-order valence-electron chi connectivity index (χ2n) is 5.98. The van der Waals surface area contributed by atoms with Gasteiger partial charge in [-0.15, -0.1) is 0 Å². The van der Waals surface area contributed by atoms with Crippen molar-refractivity contribution in [2.45, 2.75) is 13.3 Å². The van der Waals surface area contributed by atoms with Crippen molar-refractivity contribution in [3.05, 3.63) is 48.0 Å². The first kappa shape index (κ1) is 20.0. The van der Waals surface area contributed by atoms with Crippen molar-refractivity contribution in [1.82, 2.24) is 0 Å². The molecule has 1 amide bonds. The number of hydrogen-bond donors (Lipinski definition) is 0. The van der Waals surface area contributed by atoms with Gasteiger partial charge >= 0.3 is 0 Å². The molecule has 2 aromatic carbocycles. The maximum Gasteiger partial charge on any atom is 0.223 e. The highest BCUT2D eigenvalue weighted by atomic mass is 16.5. The minimum atomic E-state index is -0.406. The van der Waals surface area contributed by atoms with Crippen LogP contribution in [0.1, 0.15) is 12.5 Å². The first-order valence-electron chi connectivity index (χ1n) is 8.48. The van der Waals surface area contributed by atoms with Crippen molar-refractivity contribution in [2.75, 3.05) is 26.2 Å². The van der Waals surface area contributed by atoms with Gasteiger partial charge in [0.2, 0.25) is 5.91 Å². The number of para-hydroxylation sites is 1. The molecular weight excluding hydrogens is 342 g/mol. The summed E-state index contributed by atoms with van der Waals surface area (Å²) in [5.74, 6) is 0.484. The zero-order chi connectivity index (χ0) is 19.8. The van der Waals surface area contributed by atoms with Gasteiger partial charge in [-0.3, -0.25) is 9.79 Å². The Balaban J connectivity index is 2.31. The van der Waals surface area contributed by atoms with Crippen LogP contribution >= 0.6 is 0 Å². The predicted octanol–water partition coefficient (Wildman–Crippen LogP) is 3.77. The smallest absolute Gasteiger partial charge is 0.223 e. The van der Waals surface area contributed by atoms with Crippen molar-refractivity contribution in [2.24, 2.45) is 10.9 Å². The Kier molecular flexibility index (Phi) is 6.95. The van der Waals surface area contributed by atoms with Crippen LogP contribution < -0.4 is 14.4 Å². The van der Waals surface area contributed by atoms with Crippen molar-refractivity contribution in [3.63, 3.8) is 0 Å². The molecule has 6 nitrogen and oxygen atoms in total. The van der Waals surface area contributed by atoms with Crippen LogP contribution in [0, 0.1) is 17.2 Å². The van der Waals surface area contributed by atoms with Gasteiger partial charge in [0.25, 0.3) is 0 Å². The van der Waals surface area contributed by atoms with E-state index in [1.165, 1.54) is 26.0 Å². The molecule has 0 aromatic heterocycles. The third-order valence-corrected chi connectivity index (χ3v) is 4.13. The predicted molar refractivity (Wildman–Crippen MR) is 106 cm³/mol. The number of aliphatic imine (C=N–C) groups is 1. The number of nitrogens with zero attached hydrogens (tertiary/aromatic N) is 3. The van der Waals surface area contributed by atoms with Crippen LogP contribution in [0.5, 0.6) is 11.5 Å². The number of ether oxygens (including phenoxy) is 2. The first-order chi connectivity index (χ1) is 13.0. The molecule has 0 fully saturated rings. The molecule has 0 aliphatic rings. The first-order valence-corrected chi connectivity index (χ1v) is 8.48. The van der Waals surface area contributed by atoms with E-state index in [4.69, 9.17) is 9.47 Å². The molecule has 0 spiro atoms. The number of anilines is 1. The maximum absolute atomic E-state index is 11.8. The number of carbonyl (C=O) groups excluding carboxylic acids is 1. The number of amides is 1. The highest BCUT2D eigenvalue weighted by Gasteiger charge is 2.20. The Labute approximate surface area is 159 Å². The number of methoxy groups -OCH3 is 2. The number of carbonyl (C=O) groups is 1. The van der Waals surface area contributed by atoms with E-state index in [2.05, 4.69) is 11.1 Å². The van der Waals surface area contributed by atoms with E-state index < -0.39 is 5.92 Å². The average Bonchev–Trinajstić information content (AvgIpc) is 2.70. The van der Waals surface area contributed by atoms with Gasteiger partial charge in [0.05, 0.1) is 31.9 Å². The van der Waals surface area contributed by atoms with Gasteiger partial charge in [0, 0.05) is 20.2 Å². The quantitative estimate of drug-likeness (QED) is 0.700. The summed E-state index contributed by atoms with van der Waals surface area (Å²) in [6, 6.07) is 15.4. The van der Waals surface area contributed by atoms with Gasteiger partial charge in [-0.1, -0.05) is 18.2 Å². The minimum Gasteiger partial charge on any atom is -0.494 e. The third kappa shape index (κ3) is 5.08. The Morgan fingerprint density at radius 1 is 1.22 bits per heavy atom. The Hall–Kier alpha value is -3.33. The molecule has 0 saturated carbocycles. The van der Waals surface area contributed by atoms with Crippen LogP contribution in [0.15, 0.2) is 47.5 Å². The minimum absolute atomic E-state index is 0.135. The van der Waals surface area contributed by atoms with Crippen molar-refractivity contribution in [1.29, 1.82) is 5.26 Å². The van der Waals surface area contributed by atoms with Gasteiger partial charge < -0.3 is 14.4 Å². The molecule has 1 atom stereocenters. The zero-order valence-electron chi connectivity index (χ0n) is 16.0. The van der Waals surface area contributed by atoms with Gasteiger partial charge in [-0.25, -0.2) is 0 Å². The van der Waals surface area contributed by atoms with Crippen molar-refractivity contribution in [3.8, 4) is 17.6 Å². The maximum atomic E-state index is 11.8. The summed E-state index contributed by atoms with van der Waals surface area (Å²) in [5, 5.41) is 9.48. The summed E-state index contributed by atoms with van der Waals surface area (Å²) in [6.45, 7) is 1.47. The molecule has 1 unspecified atom stereocenters. The summed E-state index contributed by atoms with van der Waals surface area (Å²) >= 11 is 0. The second-order valence-corrected chi connectivity index (χ2v) is 5.98. The molecule has 0 aliphatic heterocycles. The molecular formula is C21H23N3O3. The molecule has 140 valence electrons. The van der Waals surface area contributed by atoms with Crippen LogP contribution in [0.2, 0.25) is 0 Å². The van der Waals surface area contributed by atoms with E-state index in [9.17, 15) is 10.1 Å². The lowest BCUT2D eigenvalue weighted by Crippen LogP contribution is -2.24. The fourth-order valence-corrected chi connectivity index (χ4v) is 2.63. The fraction of sp³-hybridized carbons (Fsp3) is 0.286. The fourth-order valence-electron chi connectivity index (χ4n) is 2.63. The normalized spacial score (nSPS) is 11.7. The molecule has 2 rings (SSSR count). The van der Waals surface area contributed by atoms with E-state index in [0.717, 1.165) is 11.3 Å². The highest BCUT2D eigenvalue weighted by Crippen LogP contribution is 2.39. The van der Waals surface area contributed by atoms with Crippen LogP contribution in [0.4, 0.5) is 11.4 Å². The number of rotatable bonds is 7. The van der Waals surface area contributed by atoms with Gasteiger partial charge in [-0.2, -0.15) is 5.26 Å². The van der Waals surface area contributed by atoms with E-state index in [1.807, 2.05) is 42.5 Å². The largest absolute Gasteiger partial charge is 0.494 e. The topological polar surface area (TPSA) is 74.9 Å². The van der Waals surface area contributed by atoms with Crippen molar-refractivity contribution >= 4 is 23.5 Å². The monoisotopic (exact) mass is 365 g/mol. The lowest BCUT2D eigenvalue weighted by Gasteiger charge is -2.22. The molecule has 0 radical (unpaired) electrons. The third-order valence-electron chi connectivity index (χ3n) is 4.13. The highest BCUT2D eigenvalue weighted by molar-refractivity contribution is 5.94. The number of benzene rings is 2. The average molecular weight is 365 g/mol. The van der Waals surface area contributed by atoms with E-state index in [-0.39, 0.29) is 5.91 Å². The van der Waals surface area contributed by atoms with Gasteiger partial charge in [-0.05, 0) is 36.2 Å². The van der Waals surface area contributed by atoms with Crippen LogP contribution in [-0.4, -0.2) is 33.4 Å². The van der Waals surface area contributed by atoms with Crippen LogP contribution in [0.3, 0.4) is 0 Å². The number of nitriles is 1. The molecule has 27 heavy (non-hydrogen) atoms. The van der Waals surface area contributed by atoms with E-state index >= 15 is 0 Å². The van der Waals surface area contributed by atoms with Crippen LogP contribution in [-0.2, 0) is 11.2 Å². The summed E-state index contributed by atoms with van der Waals surface area (Å²) in [6.07, 6.45) is 2.09. The lowest BCUT2D eigenvalue weighted by molar-refractivity contribution is -0.116. The standard InChI is InChI=1S/C21H23N3O3/c1-15(25)24(2)21-19(26-3)11-16(12-20(21)27-4)10-17(13-22)14-23-18-8-6-5-7-9-18/h5-9,11-12,14,17H,10H2,1-4H3. The Morgan fingerprint density at radius 3 is 2.30 bits per heavy atom. The molecule has 2 aromatic rings. The zero-order valence-corrected chi connectivity index (χ0v) is 16.0. The Bertz CT molecular complexity index is 832. The van der Waals surface area contributed by atoms with Gasteiger partial charge in [0.1, 0.15) is 17.2 Å².